The van der Waals surface area contributed by atoms with Gasteiger partial charge in [-0.25, -0.2) is 4.98 Å². The fourth-order valence-corrected chi connectivity index (χ4v) is 3.31. The van der Waals surface area contributed by atoms with E-state index in [1.807, 2.05) is 0 Å². The maximum atomic E-state index is 12.5. The lowest BCUT2D eigenvalue weighted by atomic mass is 10.0. The zero-order valence-corrected chi connectivity index (χ0v) is 11.3. The monoisotopic (exact) mass is 262 g/mol. The Morgan fingerprint density at radius 2 is 1.89 bits per heavy atom. The normalized spacial score (nSPS) is 28.4. The Labute approximate surface area is 112 Å². The maximum absolute atomic E-state index is 12.5. The van der Waals surface area contributed by atoms with Crippen molar-refractivity contribution >= 4 is 5.78 Å². The van der Waals surface area contributed by atoms with Crippen LogP contribution in [-0.2, 0) is 0 Å². The fraction of sp³-hybridized carbons (Fsp3) is 0.643. The molecule has 2 aliphatic carbocycles. The molecule has 5 heteroatoms. The van der Waals surface area contributed by atoms with E-state index in [1.165, 1.54) is 46.1 Å². The van der Waals surface area contributed by atoms with Crippen molar-refractivity contribution in [2.75, 3.05) is 14.2 Å². The molecule has 0 aliphatic heterocycles. The van der Waals surface area contributed by atoms with Crippen molar-refractivity contribution in [1.82, 2.24) is 9.97 Å². The Hall–Kier alpha value is -1.65. The smallest absolute Gasteiger partial charge is 0.246 e. The summed E-state index contributed by atoms with van der Waals surface area (Å²) in [5, 5.41) is 0. The third-order valence-electron chi connectivity index (χ3n) is 4.31. The Kier molecular flexibility index (Phi) is 3.12. The van der Waals surface area contributed by atoms with Gasteiger partial charge in [0.25, 0.3) is 0 Å². The lowest BCUT2D eigenvalue weighted by Crippen LogP contribution is -2.10. The Balaban J connectivity index is 1.84. The van der Waals surface area contributed by atoms with Crippen LogP contribution in [0.3, 0.4) is 0 Å². The number of rotatable bonds is 4. The van der Waals surface area contributed by atoms with Crippen LogP contribution in [0.2, 0.25) is 0 Å². The van der Waals surface area contributed by atoms with Gasteiger partial charge in [-0.3, -0.25) is 4.79 Å². The van der Waals surface area contributed by atoms with Gasteiger partial charge in [0, 0.05) is 5.92 Å². The molecule has 3 rings (SSSR count). The summed E-state index contributed by atoms with van der Waals surface area (Å²) in [4.78, 5) is 20.8. The summed E-state index contributed by atoms with van der Waals surface area (Å²) in [6, 6.07) is 0. The van der Waals surface area contributed by atoms with Crippen molar-refractivity contribution in [1.29, 1.82) is 0 Å². The average molecular weight is 262 g/mol. The summed E-state index contributed by atoms with van der Waals surface area (Å²) in [6.07, 6.45) is 6.31. The van der Waals surface area contributed by atoms with Crippen molar-refractivity contribution in [3.8, 4) is 11.8 Å². The molecule has 0 radical (unpaired) electrons. The first-order valence-corrected chi connectivity index (χ1v) is 6.75. The molecule has 0 N–H and O–H groups in total. The van der Waals surface area contributed by atoms with E-state index < -0.39 is 0 Å². The van der Waals surface area contributed by atoms with Crippen LogP contribution in [0.1, 0.15) is 36.2 Å². The summed E-state index contributed by atoms with van der Waals surface area (Å²) in [5.41, 5.74) is 0.350. The van der Waals surface area contributed by atoms with Gasteiger partial charge in [-0.2, -0.15) is 4.98 Å². The number of fused-ring (bicyclic) bond motifs is 1. The predicted octanol–water partition coefficient (Wildman–Crippen LogP) is 2.11. The van der Waals surface area contributed by atoms with Crippen molar-refractivity contribution in [2.24, 2.45) is 17.8 Å². The van der Waals surface area contributed by atoms with Gasteiger partial charge >= 0.3 is 0 Å². The highest BCUT2D eigenvalue weighted by molar-refractivity contribution is 6.00. The number of ketones is 1. The molecule has 1 aromatic rings. The molecular weight excluding hydrogens is 244 g/mol. The molecule has 1 aromatic heterocycles. The van der Waals surface area contributed by atoms with Gasteiger partial charge in [0.2, 0.25) is 11.8 Å². The zero-order valence-electron chi connectivity index (χ0n) is 11.3. The number of Topliss-reactive ketones (excluding diaryl/α,β-unsaturated/α-hetero) is 1. The first kappa shape index (κ1) is 12.4. The van der Waals surface area contributed by atoms with E-state index in [2.05, 4.69) is 9.97 Å². The number of aromatic nitrogens is 2. The molecule has 2 fully saturated rings. The maximum Gasteiger partial charge on any atom is 0.246 e. The molecule has 0 bridgehead atoms. The topological polar surface area (TPSA) is 61.3 Å². The van der Waals surface area contributed by atoms with Crippen molar-refractivity contribution in [2.45, 2.75) is 25.7 Å². The third kappa shape index (κ3) is 2.07. The summed E-state index contributed by atoms with van der Waals surface area (Å²) < 4.78 is 10.2. The van der Waals surface area contributed by atoms with Gasteiger partial charge in [0.05, 0.1) is 20.4 Å². The van der Waals surface area contributed by atoms with E-state index in [1.54, 1.807) is 0 Å². The second kappa shape index (κ2) is 4.79. The number of hydrogen-bond donors (Lipinski definition) is 0. The highest BCUT2D eigenvalue weighted by Gasteiger charge is 2.55. The Morgan fingerprint density at radius 1 is 1.21 bits per heavy atom. The second-order valence-electron chi connectivity index (χ2n) is 5.27. The molecule has 2 saturated carbocycles. The molecule has 0 aromatic carbocycles. The fourth-order valence-electron chi connectivity index (χ4n) is 3.31. The first-order chi connectivity index (χ1) is 9.26. The molecule has 2 atom stereocenters. The standard InChI is InChI=1S/C14H18N2O3/c1-18-10-7-15-12(14(16-10)19-2)13(17)11-8-5-3-4-6-9(8)11/h7-9,11H,3-6H2,1-2H3. The summed E-state index contributed by atoms with van der Waals surface area (Å²) in [5.74, 6) is 1.99. The average Bonchev–Trinajstić information content (AvgIpc) is 3.20. The largest absolute Gasteiger partial charge is 0.480 e. The van der Waals surface area contributed by atoms with E-state index >= 15 is 0 Å². The van der Waals surface area contributed by atoms with E-state index in [-0.39, 0.29) is 17.6 Å². The lowest BCUT2D eigenvalue weighted by molar-refractivity contribution is 0.0947. The van der Waals surface area contributed by atoms with Gasteiger partial charge in [0.15, 0.2) is 11.5 Å². The highest BCUT2D eigenvalue weighted by atomic mass is 16.5. The Bertz CT molecular complexity index is 491. The van der Waals surface area contributed by atoms with E-state index in [4.69, 9.17) is 9.47 Å². The molecule has 0 saturated heterocycles. The van der Waals surface area contributed by atoms with Crippen LogP contribution in [0.5, 0.6) is 11.8 Å². The molecule has 2 aliphatic rings. The van der Waals surface area contributed by atoms with Gasteiger partial charge in [-0.1, -0.05) is 12.8 Å². The van der Waals surface area contributed by atoms with Crippen molar-refractivity contribution in [3.05, 3.63) is 11.9 Å². The molecular formula is C14H18N2O3. The summed E-state index contributed by atoms with van der Waals surface area (Å²) in [6.45, 7) is 0. The minimum absolute atomic E-state index is 0.0869. The SMILES string of the molecule is COc1cnc(C(=O)C2C3CCCCC32)c(OC)n1. The summed E-state index contributed by atoms with van der Waals surface area (Å²) >= 11 is 0. The number of methoxy groups -OCH3 is 2. The predicted molar refractivity (Wildman–Crippen MR) is 68.4 cm³/mol. The van der Waals surface area contributed by atoms with E-state index in [9.17, 15) is 4.79 Å². The highest BCUT2D eigenvalue weighted by Crippen LogP contribution is 2.56. The van der Waals surface area contributed by atoms with Crippen LogP contribution in [0.4, 0.5) is 0 Å². The van der Waals surface area contributed by atoms with Crippen LogP contribution in [0.25, 0.3) is 0 Å². The third-order valence-corrected chi connectivity index (χ3v) is 4.31. The molecule has 2 unspecified atom stereocenters. The van der Waals surface area contributed by atoms with E-state index in [0.29, 0.717) is 23.4 Å². The van der Waals surface area contributed by atoms with Gasteiger partial charge in [0.1, 0.15) is 0 Å². The van der Waals surface area contributed by atoms with Crippen LogP contribution >= 0.6 is 0 Å². The minimum atomic E-state index is 0.0869. The molecule has 5 nitrogen and oxygen atoms in total. The molecule has 0 amide bonds. The van der Waals surface area contributed by atoms with Gasteiger partial charge in [-0.05, 0) is 24.7 Å². The number of ether oxygens (including phenoxy) is 2. The molecule has 102 valence electrons. The number of carbonyl (C=O) groups is 1. The van der Waals surface area contributed by atoms with E-state index in [0.717, 1.165) is 0 Å². The van der Waals surface area contributed by atoms with Crippen LogP contribution in [0.15, 0.2) is 6.20 Å². The van der Waals surface area contributed by atoms with Crippen molar-refractivity contribution < 1.29 is 14.3 Å². The molecule has 1 heterocycles. The van der Waals surface area contributed by atoms with Crippen LogP contribution < -0.4 is 9.47 Å². The van der Waals surface area contributed by atoms with Gasteiger partial charge < -0.3 is 9.47 Å². The van der Waals surface area contributed by atoms with Gasteiger partial charge in [-0.15, -0.1) is 0 Å². The number of hydrogen-bond acceptors (Lipinski definition) is 5. The van der Waals surface area contributed by atoms with Crippen molar-refractivity contribution in [3.63, 3.8) is 0 Å². The quantitative estimate of drug-likeness (QED) is 0.778. The molecule has 0 spiro atoms. The summed E-state index contributed by atoms with van der Waals surface area (Å²) in [7, 11) is 3.01. The first-order valence-electron chi connectivity index (χ1n) is 6.75. The number of carbonyl (C=O) groups excluding carboxylic acids is 1. The Morgan fingerprint density at radius 3 is 2.47 bits per heavy atom. The molecule has 19 heavy (non-hydrogen) atoms. The van der Waals surface area contributed by atoms with Crippen LogP contribution in [0, 0.1) is 17.8 Å². The minimum Gasteiger partial charge on any atom is -0.480 e. The second-order valence-corrected chi connectivity index (χ2v) is 5.27. The number of nitrogens with zero attached hydrogens (tertiary/aromatic N) is 2. The lowest BCUT2D eigenvalue weighted by Gasteiger charge is -2.07. The zero-order chi connectivity index (χ0) is 13.4. The van der Waals surface area contributed by atoms with Crippen LogP contribution in [-0.4, -0.2) is 30.0 Å².